The molecular formula is C57H36N2. The number of benzene rings is 10. The fourth-order valence-corrected chi connectivity index (χ4v) is 9.03. The largest absolute Gasteiger partial charge is 0.309 e. The van der Waals surface area contributed by atoms with Crippen molar-refractivity contribution in [2.75, 3.05) is 0 Å². The predicted octanol–water partition coefficient (Wildman–Crippen LogP) is 15.3. The third-order valence-electron chi connectivity index (χ3n) is 11.8. The molecule has 0 fully saturated rings. The Kier molecular flexibility index (Phi) is 8.24. The molecule has 0 N–H and O–H groups in total. The lowest BCUT2D eigenvalue weighted by atomic mass is 9.84. The molecule has 274 valence electrons. The van der Waals surface area contributed by atoms with Crippen LogP contribution in [0.2, 0.25) is 0 Å². The summed E-state index contributed by atoms with van der Waals surface area (Å²) < 4.78 is 2.30. The molecule has 1 aromatic heterocycles. The summed E-state index contributed by atoms with van der Waals surface area (Å²) >= 11 is 0. The Hall–Kier alpha value is -7.99. The van der Waals surface area contributed by atoms with Crippen LogP contribution in [-0.2, 0) is 0 Å². The van der Waals surface area contributed by atoms with Gasteiger partial charge < -0.3 is 4.57 Å². The molecule has 11 aromatic rings. The third kappa shape index (κ3) is 5.88. The molecule has 0 aliphatic carbocycles. The Balaban J connectivity index is 1.15. The maximum absolute atomic E-state index is 9.91. The second-order valence-corrected chi connectivity index (χ2v) is 15.2. The molecular weight excluding hydrogens is 713 g/mol. The molecule has 11 rings (SSSR count). The van der Waals surface area contributed by atoms with Crippen molar-refractivity contribution in [1.82, 2.24) is 4.57 Å². The summed E-state index contributed by atoms with van der Waals surface area (Å²) in [5.74, 6) is 0. The van der Waals surface area contributed by atoms with Crippen molar-refractivity contribution in [2.45, 2.75) is 0 Å². The minimum Gasteiger partial charge on any atom is -0.309 e. The van der Waals surface area contributed by atoms with E-state index in [4.69, 9.17) is 0 Å². The molecule has 2 nitrogen and oxygen atoms in total. The number of nitriles is 1. The van der Waals surface area contributed by atoms with Gasteiger partial charge in [-0.15, -0.1) is 0 Å². The van der Waals surface area contributed by atoms with Gasteiger partial charge in [0.1, 0.15) is 0 Å². The molecule has 0 saturated carbocycles. The minimum atomic E-state index is 0.653. The number of hydrogen-bond donors (Lipinski definition) is 0. The van der Waals surface area contributed by atoms with Crippen molar-refractivity contribution in [3.63, 3.8) is 0 Å². The quantitative estimate of drug-likeness (QED) is 0.156. The molecule has 0 amide bonds. The third-order valence-corrected chi connectivity index (χ3v) is 11.8. The van der Waals surface area contributed by atoms with E-state index >= 15 is 0 Å². The van der Waals surface area contributed by atoms with E-state index in [1.165, 1.54) is 66.1 Å². The number of nitrogens with zero attached hydrogens (tertiary/aromatic N) is 2. The number of fused-ring (bicyclic) bond motifs is 5. The summed E-state index contributed by atoms with van der Waals surface area (Å²) in [6.45, 7) is 0. The van der Waals surface area contributed by atoms with Crippen LogP contribution in [0.4, 0.5) is 0 Å². The highest BCUT2D eigenvalue weighted by Gasteiger charge is 2.19. The number of hydrogen-bond acceptors (Lipinski definition) is 1. The first-order valence-electron chi connectivity index (χ1n) is 20.1. The normalized spacial score (nSPS) is 11.4. The zero-order chi connectivity index (χ0) is 39.3. The van der Waals surface area contributed by atoms with Crippen molar-refractivity contribution >= 4 is 43.4 Å². The van der Waals surface area contributed by atoms with Gasteiger partial charge in [0.05, 0.1) is 22.7 Å². The van der Waals surface area contributed by atoms with Crippen LogP contribution in [0.5, 0.6) is 0 Å². The summed E-state index contributed by atoms with van der Waals surface area (Å²) in [5, 5.41) is 17.0. The maximum atomic E-state index is 9.91. The van der Waals surface area contributed by atoms with Gasteiger partial charge in [-0.3, -0.25) is 0 Å². The summed E-state index contributed by atoms with van der Waals surface area (Å²) in [6.07, 6.45) is 0. The van der Waals surface area contributed by atoms with Crippen molar-refractivity contribution in [1.29, 1.82) is 5.26 Å². The summed E-state index contributed by atoms with van der Waals surface area (Å²) in [6, 6.07) is 80.7. The summed E-state index contributed by atoms with van der Waals surface area (Å²) in [7, 11) is 0. The van der Waals surface area contributed by atoms with Gasteiger partial charge in [0.15, 0.2) is 0 Å². The number of para-hydroxylation sites is 1. The zero-order valence-corrected chi connectivity index (χ0v) is 32.2. The van der Waals surface area contributed by atoms with Gasteiger partial charge >= 0.3 is 0 Å². The van der Waals surface area contributed by atoms with Gasteiger partial charge in [-0.2, -0.15) is 5.26 Å². The van der Waals surface area contributed by atoms with Crippen LogP contribution in [0.3, 0.4) is 0 Å². The zero-order valence-electron chi connectivity index (χ0n) is 32.2. The maximum Gasteiger partial charge on any atom is 0.0991 e. The van der Waals surface area contributed by atoms with Crippen molar-refractivity contribution < 1.29 is 0 Å². The first-order valence-corrected chi connectivity index (χ1v) is 20.1. The van der Waals surface area contributed by atoms with Crippen LogP contribution in [-0.4, -0.2) is 4.57 Å². The summed E-state index contributed by atoms with van der Waals surface area (Å²) in [4.78, 5) is 0. The Morgan fingerprint density at radius 3 is 1.24 bits per heavy atom. The van der Waals surface area contributed by atoms with Crippen LogP contribution in [0.25, 0.3) is 105 Å². The van der Waals surface area contributed by atoms with Crippen LogP contribution >= 0.6 is 0 Å². The molecule has 0 unspecified atom stereocenters. The van der Waals surface area contributed by atoms with Crippen molar-refractivity contribution in [2.24, 2.45) is 0 Å². The first-order chi connectivity index (χ1) is 29.2. The monoisotopic (exact) mass is 748 g/mol. The Bertz CT molecular complexity index is 3390. The molecule has 0 radical (unpaired) electrons. The lowest BCUT2D eigenvalue weighted by Gasteiger charge is -2.19. The van der Waals surface area contributed by atoms with E-state index in [1.807, 2.05) is 18.2 Å². The fourth-order valence-electron chi connectivity index (χ4n) is 9.03. The smallest absolute Gasteiger partial charge is 0.0991 e. The molecule has 1 heterocycles. The second-order valence-electron chi connectivity index (χ2n) is 15.2. The molecule has 59 heavy (non-hydrogen) atoms. The average Bonchev–Trinajstić information content (AvgIpc) is 3.64. The molecule has 0 aliphatic heterocycles. The van der Waals surface area contributed by atoms with E-state index in [2.05, 4.69) is 211 Å². The molecule has 0 aliphatic rings. The minimum absolute atomic E-state index is 0.653. The van der Waals surface area contributed by atoms with Crippen LogP contribution < -0.4 is 0 Å². The van der Waals surface area contributed by atoms with Crippen molar-refractivity contribution in [3.8, 4) is 67.4 Å². The van der Waals surface area contributed by atoms with E-state index in [0.29, 0.717) is 5.56 Å². The van der Waals surface area contributed by atoms with E-state index in [1.54, 1.807) is 0 Å². The molecule has 0 saturated heterocycles. The predicted molar refractivity (Wildman–Crippen MR) is 248 cm³/mol. The molecule has 0 bridgehead atoms. The first kappa shape index (κ1) is 34.3. The van der Waals surface area contributed by atoms with Gasteiger partial charge in [-0.25, -0.2) is 0 Å². The lowest BCUT2D eigenvalue weighted by Crippen LogP contribution is -1.93. The number of rotatable bonds is 6. The standard InChI is InChI=1S/C57H36N2/c58-37-38-20-32-54-51(34-38)52-35-46(30-33-55(52)59(54)47-16-8-3-9-17-47)45-29-31-50-53(36-45)57(44-27-23-42(24-28-44)40-14-6-2-7-15-40)49-19-11-10-18-48(49)56(50)43-25-21-41(22-26-43)39-12-4-1-5-13-39/h1-36H. The average molecular weight is 749 g/mol. The van der Waals surface area contributed by atoms with Gasteiger partial charge in [0, 0.05) is 16.5 Å². The second kappa shape index (κ2) is 14.2. The van der Waals surface area contributed by atoms with Crippen LogP contribution in [0, 0.1) is 11.3 Å². The van der Waals surface area contributed by atoms with E-state index in [9.17, 15) is 5.26 Å². The van der Waals surface area contributed by atoms with Gasteiger partial charge in [0.25, 0.3) is 0 Å². The highest BCUT2D eigenvalue weighted by atomic mass is 15.0. The molecule has 0 spiro atoms. The van der Waals surface area contributed by atoms with Gasteiger partial charge in [0.2, 0.25) is 0 Å². The van der Waals surface area contributed by atoms with Gasteiger partial charge in [-0.1, -0.05) is 170 Å². The Morgan fingerprint density at radius 1 is 0.288 bits per heavy atom. The summed E-state index contributed by atoms with van der Waals surface area (Å²) in [5.41, 5.74) is 15.8. The van der Waals surface area contributed by atoms with E-state index in [0.717, 1.165) is 38.6 Å². The fraction of sp³-hybridized carbons (Fsp3) is 0. The Morgan fingerprint density at radius 2 is 0.678 bits per heavy atom. The molecule has 10 aromatic carbocycles. The van der Waals surface area contributed by atoms with E-state index < -0.39 is 0 Å². The van der Waals surface area contributed by atoms with E-state index in [-0.39, 0.29) is 0 Å². The lowest BCUT2D eigenvalue weighted by molar-refractivity contribution is 1.18. The number of aromatic nitrogens is 1. The molecule has 2 heteroatoms. The van der Waals surface area contributed by atoms with Gasteiger partial charge in [-0.05, 0) is 126 Å². The van der Waals surface area contributed by atoms with Crippen LogP contribution in [0.15, 0.2) is 218 Å². The highest BCUT2D eigenvalue weighted by molar-refractivity contribution is 6.22. The SMILES string of the molecule is N#Cc1ccc2c(c1)c1cc(-c3ccc4c(-c5ccc(-c6ccccc6)cc5)c5ccccc5c(-c5ccc(-c6ccccc6)cc5)c4c3)ccc1n2-c1ccccc1. The molecule has 0 atom stereocenters. The Labute approximate surface area is 343 Å². The topological polar surface area (TPSA) is 28.7 Å². The van der Waals surface area contributed by atoms with Crippen LogP contribution in [0.1, 0.15) is 5.56 Å². The van der Waals surface area contributed by atoms with Crippen molar-refractivity contribution in [3.05, 3.63) is 224 Å². The highest BCUT2D eigenvalue weighted by Crippen LogP contribution is 2.46.